The summed E-state index contributed by atoms with van der Waals surface area (Å²) >= 11 is 0. The molecule has 1 aliphatic rings. The van der Waals surface area contributed by atoms with E-state index in [0.717, 1.165) is 24.8 Å². The molecule has 14 heavy (non-hydrogen) atoms. The second kappa shape index (κ2) is 2.95. The Labute approximate surface area is 82.5 Å². The Morgan fingerprint density at radius 1 is 1.43 bits per heavy atom. The van der Waals surface area contributed by atoms with Crippen molar-refractivity contribution in [3.63, 3.8) is 0 Å². The van der Waals surface area contributed by atoms with Gasteiger partial charge < -0.3 is 10.8 Å². The number of phenolic OH excluding ortho intramolecular Hbond substituents is 1. The van der Waals surface area contributed by atoms with E-state index in [1.165, 1.54) is 6.07 Å². The molecule has 0 aromatic heterocycles. The number of nitrogens with two attached hydrogens (primary N) is 1. The van der Waals surface area contributed by atoms with Crippen LogP contribution in [0.3, 0.4) is 0 Å². The van der Waals surface area contributed by atoms with Gasteiger partial charge in [-0.2, -0.15) is 0 Å². The summed E-state index contributed by atoms with van der Waals surface area (Å²) in [6.07, 6.45) is 2.63. The minimum absolute atomic E-state index is 0.295. The number of benzene rings is 1. The van der Waals surface area contributed by atoms with Gasteiger partial charge in [0.1, 0.15) is 0 Å². The summed E-state index contributed by atoms with van der Waals surface area (Å²) in [6, 6.07) is 3.15. The lowest BCUT2D eigenvalue weighted by molar-refractivity contribution is 0.242. The number of aryl methyl sites for hydroxylation is 1. The number of hydrogen-bond donors (Lipinski definition) is 2. The van der Waals surface area contributed by atoms with Crippen LogP contribution in [-0.4, -0.2) is 5.11 Å². The Morgan fingerprint density at radius 2 is 2.07 bits per heavy atom. The summed E-state index contributed by atoms with van der Waals surface area (Å²) in [5, 5.41) is 9.33. The smallest absolute Gasteiger partial charge is 0.169 e. The Hall–Kier alpha value is -1.09. The van der Waals surface area contributed by atoms with E-state index < -0.39 is 11.4 Å². The van der Waals surface area contributed by atoms with E-state index in [9.17, 15) is 9.50 Å². The molecule has 1 aromatic rings. The molecule has 2 rings (SSSR count). The summed E-state index contributed by atoms with van der Waals surface area (Å²) in [5.41, 5.74) is 6.77. The number of hydrogen-bond acceptors (Lipinski definition) is 2. The van der Waals surface area contributed by atoms with Gasteiger partial charge in [-0.25, -0.2) is 4.39 Å². The van der Waals surface area contributed by atoms with Crippen molar-refractivity contribution in [2.24, 2.45) is 5.73 Å². The first-order valence-electron chi connectivity index (χ1n) is 4.81. The van der Waals surface area contributed by atoms with Crippen LogP contribution in [-0.2, 0) is 5.54 Å². The summed E-state index contributed by atoms with van der Waals surface area (Å²) in [7, 11) is 0. The van der Waals surface area contributed by atoms with E-state index >= 15 is 0 Å². The fourth-order valence-corrected chi connectivity index (χ4v) is 1.94. The van der Waals surface area contributed by atoms with Crippen LogP contribution in [0.5, 0.6) is 5.75 Å². The van der Waals surface area contributed by atoms with Crippen LogP contribution >= 0.6 is 0 Å². The Balaban J connectivity index is 2.51. The van der Waals surface area contributed by atoms with Gasteiger partial charge in [0.05, 0.1) is 0 Å². The third kappa shape index (κ3) is 1.28. The maximum Gasteiger partial charge on any atom is 0.169 e. The van der Waals surface area contributed by atoms with Gasteiger partial charge in [-0.05, 0) is 37.8 Å². The lowest BCUT2D eigenvalue weighted by Crippen LogP contribution is -2.44. The van der Waals surface area contributed by atoms with Crippen LogP contribution in [0.4, 0.5) is 4.39 Å². The molecule has 3 N–H and O–H groups in total. The van der Waals surface area contributed by atoms with Gasteiger partial charge in [-0.3, -0.25) is 0 Å². The molecule has 0 aliphatic heterocycles. The predicted molar refractivity (Wildman–Crippen MR) is 52.5 cm³/mol. The highest BCUT2D eigenvalue weighted by atomic mass is 19.1. The fourth-order valence-electron chi connectivity index (χ4n) is 1.94. The van der Waals surface area contributed by atoms with Gasteiger partial charge in [0.25, 0.3) is 0 Å². The molecular formula is C11H14FNO. The van der Waals surface area contributed by atoms with Crippen molar-refractivity contribution in [3.05, 3.63) is 29.1 Å². The quantitative estimate of drug-likeness (QED) is 0.721. The number of phenols is 1. The molecule has 0 saturated heterocycles. The van der Waals surface area contributed by atoms with Crippen LogP contribution in [0.1, 0.15) is 30.4 Å². The molecule has 0 heterocycles. The number of halogens is 1. The van der Waals surface area contributed by atoms with Crippen LogP contribution in [0, 0.1) is 12.7 Å². The van der Waals surface area contributed by atoms with Gasteiger partial charge in [0, 0.05) is 11.1 Å². The predicted octanol–water partition coefficient (Wildman–Crippen LogP) is 2.18. The second-order valence-electron chi connectivity index (χ2n) is 4.16. The molecule has 0 bridgehead atoms. The van der Waals surface area contributed by atoms with Gasteiger partial charge in [0.2, 0.25) is 0 Å². The molecule has 0 atom stereocenters. The van der Waals surface area contributed by atoms with Crippen molar-refractivity contribution < 1.29 is 9.50 Å². The maximum absolute atomic E-state index is 13.6. The first-order valence-corrected chi connectivity index (χ1v) is 4.81. The first-order chi connectivity index (χ1) is 6.53. The molecule has 0 spiro atoms. The van der Waals surface area contributed by atoms with Gasteiger partial charge in [-0.1, -0.05) is 6.07 Å². The van der Waals surface area contributed by atoms with E-state index in [4.69, 9.17) is 5.73 Å². The topological polar surface area (TPSA) is 46.2 Å². The van der Waals surface area contributed by atoms with Crippen molar-refractivity contribution in [2.75, 3.05) is 0 Å². The highest BCUT2D eigenvalue weighted by Crippen LogP contribution is 2.41. The largest absolute Gasteiger partial charge is 0.505 e. The molecule has 3 heteroatoms. The zero-order valence-electron chi connectivity index (χ0n) is 8.18. The summed E-state index contributed by atoms with van der Waals surface area (Å²) in [4.78, 5) is 0. The number of rotatable bonds is 1. The second-order valence-corrected chi connectivity index (χ2v) is 4.16. The molecule has 2 nitrogen and oxygen atoms in total. The van der Waals surface area contributed by atoms with Crippen LogP contribution < -0.4 is 5.73 Å². The lowest BCUT2D eigenvalue weighted by Gasteiger charge is -2.39. The maximum atomic E-state index is 13.6. The third-order valence-electron chi connectivity index (χ3n) is 2.98. The fraction of sp³-hybridized carbons (Fsp3) is 0.455. The average molecular weight is 195 g/mol. The summed E-state index contributed by atoms with van der Waals surface area (Å²) in [5.74, 6) is -0.852. The van der Waals surface area contributed by atoms with E-state index in [1.54, 1.807) is 6.07 Å². The minimum atomic E-state index is -0.558. The SMILES string of the molecule is Cc1cc(O)c(F)c(C2(N)CCC2)c1. The molecule has 1 saturated carbocycles. The molecule has 0 radical (unpaired) electrons. The van der Waals surface area contributed by atoms with Gasteiger partial charge >= 0.3 is 0 Å². The van der Waals surface area contributed by atoms with Crippen LogP contribution in [0.15, 0.2) is 12.1 Å². The zero-order chi connectivity index (χ0) is 10.3. The Kier molecular flexibility index (Phi) is 2.00. The molecule has 0 unspecified atom stereocenters. The van der Waals surface area contributed by atoms with E-state index in [1.807, 2.05) is 6.92 Å². The summed E-state index contributed by atoms with van der Waals surface area (Å²) < 4.78 is 13.6. The normalized spacial score (nSPS) is 19.1. The van der Waals surface area contributed by atoms with E-state index in [2.05, 4.69) is 0 Å². The molecule has 76 valence electrons. The lowest BCUT2D eigenvalue weighted by atomic mass is 9.72. The van der Waals surface area contributed by atoms with Crippen molar-refractivity contribution in [1.82, 2.24) is 0 Å². The molecule has 1 aromatic carbocycles. The first kappa shape index (κ1) is 9.46. The van der Waals surface area contributed by atoms with Crippen molar-refractivity contribution in [3.8, 4) is 5.75 Å². The zero-order valence-corrected chi connectivity index (χ0v) is 8.18. The molecule has 0 amide bonds. The van der Waals surface area contributed by atoms with Crippen LogP contribution in [0.2, 0.25) is 0 Å². The van der Waals surface area contributed by atoms with Crippen molar-refractivity contribution in [1.29, 1.82) is 0 Å². The standard InChI is InChI=1S/C11H14FNO/c1-7-5-8(10(12)9(14)6-7)11(13)3-2-4-11/h5-6,14H,2-4,13H2,1H3. The van der Waals surface area contributed by atoms with E-state index in [0.29, 0.717) is 5.56 Å². The summed E-state index contributed by atoms with van der Waals surface area (Å²) in [6.45, 7) is 1.82. The van der Waals surface area contributed by atoms with Crippen molar-refractivity contribution >= 4 is 0 Å². The Bertz CT molecular complexity index is 372. The van der Waals surface area contributed by atoms with Crippen molar-refractivity contribution in [2.45, 2.75) is 31.7 Å². The van der Waals surface area contributed by atoms with Gasteiger partial charge in [0.15, 0.2) is 11.6 Å². The van der Waals surface area contributed by atoms with E-state index in [-0.39, 0.29) is 5.75 Å². The highest BCUT2D eigenvalue weighted by molar-refractivity contribution is 5.39. The third-order valence-corrected chi connectivity index (χ3v) is 2.98. The van der Waals surface area contributed by atoms with Gasteiger partial charge in [-0.15, -0.1) is 0 Å². The molecule has 1 aliphatic carbocycles. The van der Waals surface area contributed by atoms with Crippen LogP contribution in [0.25, 0.3) is 0 Å². The Morgan fingerprint density at radius 3 is 2.57 bits per heavy atom. The minimum Gasteiger partial charge on any atom is -0.505 e. The monoisotopic (exact) mass is 195 g/mol. The molecule has 1 fully saturated rings. The number of aromatic hydroxyl groups is 1. The average Bonchev–Trinajstić information content (AvgIpc) is 2.07. The molecular weight excluding hydrogens is 181 g/mol. The highest BCUT2D eigenvalue weighted by Gasteiger charge is 2.37.